The Kier molecular flexibility index (Phi) is 4.80. The SMILES string of the molecule is CNC(C#N)COc1ccc2c(c1OC(F)(F)F)B(O)OC2. The van der Waals surface area contributed by atoms with Gasteiger partial charge in [-0.05, 0) is 18.7 Å². The van der Waals surface area contributed by atoms with E-state index in [1.807, 2.05) is 6.07 Å². The molecule has 0 saturated heterocycles. The smallest absolute Gasteiger partial charge is 0.487 e. The largest absolute Gasteiger partial charge is 0.573 e. The van der Waals surface area contributed by atoms with Crippen molar-refractivity contribution in [3.63, 3.8) is 0 Å². The topological polar surface area (TPSA) is 83.7 Å². The molecule has 2 N–H and O–H groups in total. The van der Waals surface area contributed by atoms with Crippen LogP contribution in [0.1, 0.15) is 5.56 Å². The predicted molar refractivity (Wildman–Crippen MR) is 69.5 cm³/mol. The third-order valence-corrected chi connectivity index (χ3v) is 3.02. The van der Waals surface area contributed by atoms with Crippen molar-refractivity contribution in [3.8, 4) is 17.6 Å². The first-order chi connectivity index (χ1) is 10.4. The molecular formula is C12H12BF3N2O4. The van der Waals surface area contributed by atoms with Crippen molar-refractivity contribution in [1.29, 1.82) is 5.26 Å². The Morgan fingerprint density at radius 3 is 2.86 bits per heavy atom. The van der Waals surface area contributed by atoms with Crippen LogP contribution in [0.5, 0.6) is 11.5 Å². The van der Waals surface area contributed by atoms with Crippen molar-refractivity contribution in [2.75, 3.05) is 13.7 Å². The fourth-order valence-electron chi connectivity index (χ4n) is 1.96. The lowest BCUT2D eigenvalue weighted by Gasteiger charge is -2.18. The van der Waals surface area contributed by atoms with E-state index in [4.69, 9.17) is 14.7 Å². The van der Waals surface area contributed by atoms with Crippen LogP contribution in [0.3, 0.4) is 0 Å². The Morgan fingerprint density at radius 1 is 1.55 bits per heavy atom. The van der Waals surface area contributed by atoms with Crippen molar-refractivity contribution >= 4 is 12.6 Å². The second-order valence-electron chi connectivity index (χ2n) is 4.46. The van der Waals surface area contributed by atoms with Gasteiger partial charge in [0.2, 0.25) is 0 Å². The molecule has 0 saturated carbocycles. The van der Waals surface area contributed by atoms with Crippen LogP contribution in [-0.4, -0.2) is 38.2 Å². The zero-order valence-corrected chi connectivity index (χ0v) is 11.5. The summed E-state index contributed by atoms with van der Waals surface area (Å²) < 4.78 is 51.8. The van der Waals surface area contributed by atoms with Crippen LogP contribution in [0.15, 0.2) is 12.1 Å². The molecule has 22 heavy (non-hydrogen) atoms. The Morgan fingerprint density at radius 2 is 2.27 bits per heavy atom. The number of nitrogens with zero attached hydrogens (tertiary/aromatic N) is 1. The van der Waals surface area contributed by atoms with Gasteiger partial charge in [-0.3, -0.25) is 0 Å². The molecule has 2 rings (SSSR count). The van der Waals surface area contributed by atoms with Crippen LogP contribution in [0.4, 0.5) is 13.2 Å². The van der Waals surface area contributed by atoms with Crippen LogP contribution >= 0.6 is 0 Å². The zero-order chi connectivity index (χ0) is 16.3. The molecular weight excluding hydrogens is 304 g/mol. The molecule has 1 aliphatic rings. The molecule has 0 bridgehead atoms. The number of nitriles is 1. The number of nitrogens with one attached hydrogen (secondary N) is 1. The molecule has 118 valence electrons. The van der Waals surface area contributed by atoms with Crippen molar-refractivity contribution < 1.29 is 32.3 Å². The van der Waals surface area contributed by atoms with Crippen LogP contribution in [0, 0.1) is 11.3 Å². The maximum atomic E-state index is 12.6. The highest BCUT2D eigenvalue weighted by Gasteiger charge is 2.39. The average Bonchev–Trinajstić information content (AvgIpc) is 2.82. The minimum Gasteiger partial charge on any atom is -0.487 e. The van der Waals surface area contributed by atoms with Gasteiger partial charge in [0.15, 0.2) is 11.5 Å². The standard InChI is InChI=1S/C12H12BF3N2O4/c1-18-8(4-17)6-20-9-3-2-7-5-21-13(19)10(7)11(9)22-12(14,15)16/h2-3,8,18-19H,5-6H2,1H3. The Balaban J connectivity index is 2.33. The summed E-state index contributed by atoms with van der Waals surface area (Å²) in [6.45, 7) is -0.209. The molecule has 10 heteroatoms. The maximum Gasteiger partial charge on any atom is 0.573 e. The first-order valence-corrected chi connectivity index (χ1v) is 6.26. The number of rotatable bonds is 5. The van der Waals surface area contributed by atoms with Gasteiger partial charge in [-0.25, -0.2) is 0 Å². The van der Waals surface area contributed by atoms with Gasteiger partial charge in [0, 0.05) is 5.46 Å². The van der Waals surface area contributed by atoms with E-state index in [0.717, 1.165) is 0 Å². The molecule has 1 aromatic rings. The minimum atomic E-state index is -4.95. The van der Waals surface area contributed by atoms with Crippen molar-refractivity contribution in [3.05, 3.63) is 17.7 Å². The molecule has 6 nitrogen and oxygen atoms in total. The summed E-state index contributed by atoms with van der Waals surface area (Å²) in [4.78, 5) is 0. The maximum absolute atomic E-state index is 12.6. The monoisotopic (exact) mass is 316 g/mol. The highest BCUT2D eigenvalue weighted by atomic mass is 19.4. The van der Waals surface area contributed by atoms with E-state index in [-0.39, 0.29) is 24.4 Å². The zero-order valence-electron chi connectivity index (χ0n) is 11.5. The van der Waals surface area contributed by atoms with E-state index >= 15 is 0 Å². The van der Waals surface area contributed by atoms with Crippen molar-refractivity contribution in [1.82, 2.24) is 5.32 Å². The molecule has 1 atom stereocenters. The number of ether oxygens (including phenoxy) is 2. The van der Waals surface area contributed by atoms with Crippen LogP contribution in [-0.2, 0) is 11.3 Å². The highest BCUT2D eigenvalue weighted by Crippen LogP contribution is 2.34. The highest BCUT2D eigenvalue weighted by molar-refractivity contribution is 6.62. The van der Waals surface area contributed by atoms with E-state index in [1.54, 1.807) is 0 Å². The number of likely N-dealkylation sites (N-methyl/N-ethyl adjacent to an activating group) is 1. The molecule has 0 aliphatic carbocycles. The van der Waals surface area contributed by atoms with E-state index in [0.29, 0.717) is 5.56 Å². The lowest BCUT2D eigenvalue weighted by Crippen LogP contribution is -2.34. The number of hydrogen-bond acceptors (Lipinski definition) is 6. The summed E-state index contributed by atoms with van der Waals surface area (Å²) in [5.41, 5.74) is 0.261. The fourth-order valence-corrected chi connectivity index (χ4v) is 1.96. The average molecular weight is 316 g/mol. The molecule has 0 fully saturated rings. The number of alkyl halides is 3. The Hall–Kier alpha value is -1.96. The molecule has 0 radical (unpaired) electrons. The van der Waals surface area contributed by atoms with Crippen molar-refractivity contribution in [2.45, 2.75) is 19.0 Å². The molecule has 0 amide bonds. The quantitative estimate of drug-likeness (QED) is 0.760. The van der Waals surface area contributed by atoms with E-state index in [1.165, 1.54) is 19.2 Å². The lowest BCUT2D eigenvalue weighted by atomic mass is 9.78. The fraction of sp³-hybridized carbons (Fsp3) is 0.417. The van der Waals surface area contributed by atoms with Gasteiger partial charge in [0.1, 0.15) is 12.6 Å². The van der Waals surface area contributed by atoms with Gasteiger partial charge < -0.3 is 24.5 Å². The number of halogens is 3. The predicted octanol–water partition coefficient (Wildman–Crippen LogP) is 0.293. The first-order valence-electron chi connectivity index (χ1n) is 6.26. The van der Waals surface area contributed by atoms with E-state index in [2.05, 4.69) is 10.1 Å². The van der Waals surface area contributed by atoms with Gasteiger partial charge >= 0.3 is 13.5 Å². The van der Waals surface area contributed by atoms with Crippen LogP contribution in [0.25, 0.3) is 0 Å². The summed E-state index contributed by atoms with van der Waals surface area (Å²) in [7, 11) is -0.00282. The van der Waals surface area contributed by atoms with Gasteiger partial charge in [-0.2, -0.15) is 5.26 Å². The van der Waals surface area contributed by atoms with E-state index in [9.17, 15) is 18.2 Å². The Bertz CT molecular complexity index is 591. The second kappa shape index (κ2) is 6.43. The van der Waals surface area contributed by atoms with Crippen LogP contribution in [0.2, 0.25) is 0 Å². The Labute approximate surface area is 124 Å². The summed E-state index contributed by atoms with van der Waals surface area (Å²) in [5.74, 6) is -0.876. The van der Waals surface area contributed by atoms with Crippen LogP contribution < -0.4 is 20.3 Å². The summed E-state index contributed by atoms with van der Waals surface area (Å²) in [5, 5.41) is 21.1. The van der Waals surface area contributed by atoms with Crippen molar-refractivity contribution in [2.24, 2.45) is 0 Å². The lowest BCUT2D eigenvalue weighted by molar-refractivity contribution is -0.274. The summed E-state index contributed by atoms with van der Waals surface area (Å²) >= 11 is 0. The van der Waals surface area contributed by atoms with Gasteiger partial charge in [-0.1, -0.05) is 6.07 Å². The number of benzene rings is 1. The molecule has 1 aliphatic heterocycles. The molecule has 1 aromatic carbocycles. The summed E-state index contributed by atoms with van der Waals surface area (Å²) in [6.07, 6.45) is -4.95. The molecule has 0 spiro atoms. The normalized spacial score (nSPS) is 15.2. The van der Waals surface area contributed by atoms with Gasteiger partial charge in [0.25, 0.3) is 0 Å². The second-order valence-corrected chi connectivity index (χ2v) is 4.46. The first kappa shape index (κ1) is 16.4. The number of fused-ring (bicyclic) bond motifs is 1. The minimum absolute atomic E-state index is 0.0255. The third kappa shape index (κ3) is 3.62. The summed E-state index contributed by atoms with van der Waals surface area (Å²) in [6, 6.07) is 3.94. The third-order valence-electron chi connectivity index (χ3n) is 3.02. The molecule has 0 aromatic heterocycles. The molecule has 1 unspecified atom stereocenters. The molecule has 1 heterocycles. The van der Waals surface area contributed by atoms with Gasteiger partial charge in [0.05, 0.1) is 12.7 Å². The van der Waals surface area contributed by atoms with Gasteiger partial charge in [-0.15, -0.1) is 13.2 Å². The van der Waals surface area contributed by atoms with E-state index < -0.39 is 25.3 Å². The number of hydrogen-bond donors (Lipinski definition) is 2.